The Kier molecular flexibility index (Phi) is 3.50. The monoisotopic (exact) mass is 179 g/mol. The molecule has 0 unspecified atom stereocenters. The van der Waals surface area contributed by atoms with Crippen molar-refractivity contribution in [2.75, 3.05) is 0 Å². The summed E-state index contributed by atoms with van der Waals surface area (Å²) in [5, 5.41) is 0. The van der Waals surface area contributed by atoms with Crippen LogP contribution in [0, 0.1) is 0 Å². The van der Waals surface area contributed by atoms with Gasteiger partial charge in [-0.3, -0.25) is 0 Å². The first-order valence-electron chi connectivity index (χ1n) is 4.42. The molecule has 2 N–H and O–H groups in total. The van der Waals surface area contributed by atoms with Gasteiger partial charge in [0.15, 0.2) is 0 Å². The summed E-state index contributed by atoms with van der Waals surface area (Å²) in [7, 11) is 0. The summed E-state index contributed by atoms with van der Waals surface area (Å²) in [4.78, 5) is 0. The minimum absolute atomic E-state index is 0.165. The predicted molar refractivity (Wildman–Crippen MR) is 53.6 cm³/mol. The van der Waals surface area contributed by atoms with Gasteiger partial charge in [-0.2, -0.15) is 0 Å². The van der Waals surface area contributed by atoms with Crippen molar-refractivity contribution in [3.05, 3.63) is 47.5 Å². The van der Waals surface area contributed by atoms with Crippen LogP contribution in [0.25, 0.3) is 0 Å². The van der Waals surface area contributed by atoms with Crippen LogP contribution in [0.2, 0.25) is 0 Å². The van der Waals surface area contributed by atoms with E-state index in [1.54, 1.807) is 24.3 Å². The van der Waals surface area contributed by atoms with Gasteiger partial charge >= 0.3 is 0 Å². The molecule has 0 aliphatic heterocycles. The fourth-order valence-corrected chi connectivity index (χ4v) is 1.13. The number of halogens is 1. The number of allylic oxidation sites excluding steroid dienone is 7. The fraction of sp³-hybridized carbons (Fsp3) is 0.273. The van der Waals surface area contributed by atoms with Crippen LogP contribution in [-0.2, 0) is 0 Å². The Morgan fingerprint density at radius 1 is 1.46 bits per heavy atom. The third kappa shape index (κ3) is 2.90. The standard InChI is InChI=1S/C11H14FN/c1-2-9-5-3-6-10(13)7-4-8-11(9)12/h3-6,8H,2,7,13H2,1H3/b5-3+,8-4?,10-6+,11-9+. The maximum absolute atomic E-state index is 13.3. The Morgan fingerprint density at radius 2 is 2.23 bits per heavy atom. The quantitative estimate of drug-likeness (QED) is 0.658. The zero-order chi connectivity index (χ0) is 9.68. The summed E-state index contributed by atoms with van der Waals surface area (Å²) in [5.74, 6) is -0.165. The first-order valence-corrected chi connectivity index (χ1v) is 4.42. The van der Waals surface area contributed by atoms with Gasteiger partial charge in [-0.25, -0.2) is 4.39 Å². The van der Waals surface area contributed by atoms with E-state index in [4.69, 9.17) is 5.73 Å². The number of hydrogen-bond acceptors (Lipinski definition) is 1. The van der Waals surface area contributed by atoms with Gasteiger partial charge in [0, 0.05) is 12.1 Å². The molecule has 0 aromatic rings. The van der Waals surface area contributed by atoms with Gasteiger partial charge in [0.2, 0.25) is 0 Å². The highest BCUT2D eigenvalue weighted by atomic mass is 19.1. The third-order valence-electron chi connectivity index (χ3n) is 1.91. The Morgan fingerprint density at radius 3 is 2.92 bits per heavy atom. The summed E-state index contributed by atoms with van der Waals surface area (Å²) in [5.41, 5.74) is 7.08. The van der Waals surface area contributed by atoms with Crippen LogP contribution < -0.4 is 5.73 Å². The molecule has 0 spiro atoms. The van der Waals surface area contributed by atoms with Crippen molar-refractivity contribution in [2.24, 2.45) is 5.73 Å². The van der Waals surface area contributed by atoms with Crippen LogP contribution in [0.3, 0.4) is 0 Å². The molecule has 13 heavy (non-hydrogen) atoms. The van der Waals surface area contributed by atoms with Crippen LogP contribution in [0.4, 0.5) is 4.39 Å². The molecule has 0 fully saturated rings. The average Bonchev–Trinajstić information content (AvgIpc) is 2.18. The molecule has 0 amide bonds. The molecule has 1 rings (SSSR count). The van der Waals surface area contributed by atoms with E-state index in [9.17, 15) is 4.39 Å². The molecule has 1 nitrogen and oxygen atoms in total. The van der Waals surface area contributed by atoms with E-state index in [2.05, 4.69) is 0 Å². The minimum atomic E-state index is -0.165. The summed E-state index contributed by atoms with van der Waals surface area (Å²) in [6, 6.07) is 0. The van der Waals surface area contributed by atoms with Gasteiger partial charge in [-0.05, 0) is 24.1 Å². The summed E-state index contributed by atoms with van der Waals surface area (Å²) >= 11 is 0. The lowest BCUT2D eigenvalue weighted by Gasteiger charge is -1.95. The normalized spacial score (nSPS) is 29.8. The van der Waals surface area contributed by atoms with Gasteiger partial charge in [0.1, 0.15) is 5.83 Å². The van der Waals surface area contributed by atoms with Crippen molar-refractivity contribution < 1.29 is 4.39 Å². The number of hydrogen-bond donors (Lipinski definition) is 1. The fourth-order valence-electron chi connectivity index (χ4n) is 1.13. The van der Waals surface area contributed by atoms with E-state index in [0.29, 0.717) is 18.4 Å². The topological polar surface area (TPSA) is 26.0 Å². The first kappa shape index (κ1) is 9.78. The molecule has 0 radical (unpaired) electrons. The van der Waals surface area contributed by atoms with Gasteiger partial charge in [0.25, 0.3) is 0 Å². The molecule has 2 heteroatoms. The molecule has 1 aliphatic carbocycles. The average molecular weight is 179 g/mol. The minimum Gasteiger partial charge on any atom is -0.402 e. The summed E-state index contributed by atoms with van der Waals surface area (Å²) in [6.45, 7) is 1.93. The zero-order valence-electron chi connectivity index (χ0n) is 7.76. The molecular weight excluding hydrogens is 165 g/mol. The highest BCUT2D eigenvalue weighted by Crippen LogP contribution is 2.15. The molecule has 0 aromatic carbocycles. The molecule has 0 bridgehead atoms. The van der Waals surface area contributed by atoms with Crippen LogP contribution in [-0.4, -0.2) is 0 Å². The molecule has 0 saturated heterocycles. The number of rotatable bonds is 1. The Labute approximate surface area is 78.1 Å². The lowest BCUT2D eigenvalue weighted by molar-refractivity contribution is 0.652. The van der Waals surface area contributed by atoms with Gasteiger partial charge in [-0.15, -0.1) is 0 Å². The molecule has 0 aromatic heterocycles. The van der Waals surface area contributed by atoms with E-state index in [1.165, 1.54) is 6.08 Å². The third-order valence-corrected chi connectivity index (χ3v) is 1.91. The maximum Gasteiger partial charge on any atom is 0.126 e. The summed E-state index contributed by atoms with van der Waals surface area (Å²) in [6.07, 6.45) is 9.88. The van der Waals surface area contributed by atoms with E-state index < -0.39 is 0 Å². The van der Waals surface area contributed by atoms with Crippen LogP contribution in [0.5, 0.6) is 0 Å². The van der Waals surface area contributed by atoms with Crippen molar-refractivity contribution in [1.82, 2.24) is 0 Å². The Hall–Kier alpha value is -1.31. The zero-order valence-corrected chi connectivity index (χ0v) is 7.76. The van der Waals surface area contributed by atoms with Gasteiger partial charge < -0.3 is 5.73 Å². The van der Waals surface area contributed by atoms with Crippen molar-refractivity contribution in [3.8, 4) is 0 Å². The van der Waals surface area contributed by atoms with Crippen molar-refractivity contribution >= 4 is 0 Å². The lowest BCUT2D eigenvalue weighted by Crippen LogP contribution is -1.93. The van der Waals surface area contributed by atoms with Crippen molar-refractivity contribution in [2.45, 2.75) is 19.8 Å². The lowest BCUT2D eigenvalue weighted by atomic mass is 10.1. The molecule has 0 atom stereocenters. The highest BCUT2D eigenvalue weighted by Gasteiger charge is 1.98. The van der Waals surface area contributed by atoms with Gasteiger partial charge in [0.05, 0.1) is 0 Å². The first-order chi connectivity index (χ1) is 6.24. The van der Waals surface area contributed by atoms with Crippen LogP contribution >= 0.6 is 0 Å². The maximum atomic E-state index is 13.3. The summed E-state index contributed by atoms with van der Waals surface area (Å²) < 4.78 is 13.3. The Balaban J connectivity index is 2.96. The highest BCUT2D eigenvalue weighted by molar-refractivity contribution is 5.32. The van der Waals surface area contributed by atoms with Crippen molar-refractivity contribution in [3.63, 3.8) is 0 Å². The number of nitrogens with two attached hydrogens (primary N) is 1. The van der Waals surface area contributed by atoms with E-state index >= 15 is 0 Å². The Bertz CT molecular complexity index is 295. The van der Waals surface area contributed by atoms with E-state index in [1.807, 2.05) is 6.92 Å². The van der Waals surface area contributed by atoms with Crippen LogP contribution in [0.15, 0.2) is 47.5 Å². The molecule has 0 heterocycles. The molecule has 0 saturated carbocycles. The largest absolute Gasteiger partial charge is 0.402 e. The molecule has 1 aliphatic rings. The second-order valence-corrected chi connectivity index (χ2v) is 2.93. The van der Waals surface area contributed by atoms with E-state index in [0.717, 1.165) is 5.70 Å². The van der Waals surface area contributed by atoms with E-state index in [-0.39, 0.29) is 5.83 Å². The molecular formula is C11H14FN. The second kappa shape index (κ2) is 4.65. The molecule has 70 valence electrons. The SMILES string of the molecule is CCC1=C(/F)C=CC\C(N)=C/C=C/1. The van der Waals surface area contributed by atoms with Crippen LogP contribution in [0.1, 0.15) is 19.8 Å². The smallest absolute Gasteiger partial charge is 0.126 e. The predicted octanol–water partition coefficient (Wildman–Crippen LogP) is 2.98. The van der Waals surface area contributed by atoms with Crippen molar-refractivity contribution in [1.29, 1.82) is 0 Å². The van der Waals surface area contributed by atoms with Gasteiger partial charge in [-0.1, -0.05) is 25.2 Å². The second-order valence-electron chi connectivity index (χ2n) is 2.93.